The third kappa shape index (κ3) is 3.23. The minimum atomic E-state index is -0.343. The number of rotatable bonds is 3. The van der Waals surface area contributed by atoms with Crippen LogP contribution in [0.2, 0.25) is 5.02 Å². The number of nitrogens with two attached hydrogens (primary N) is 1. The molecule has 0 aliphatic heterocycles. The predicted molar refractivity (Wildman–Crippen MR) is 73.4 cm³/mol. The lowest BCUT2D eigenvalue weighted by Gasteiger charge is -2.08. The van der Waals surface area contributed by atoms with Crippen LogP contribution in [0.15, 0.2) is 42.5 Å². The van der Waals surface area contributed by atoms with Crippen LogP contribution in [0.25, 0.3) is 0 Å². The molecule has 0 saturated heterocycles. The Labute approximate surface area is 115 Å². The maximum Gasteiger partial charge on any atom is 0.253 e. The number of amides is 1. The monoisotopic (exact) mass is 278 g/mol. The summed E-state index contributed by atoms with van der Waals surface area (Å²) in [6.07, 6.45) is 0. The molecule has 1 amide bonds. The zero-order valence-electron chi connectivity index (χ0n) is 9.99. The zero-order chi connectivity index (χ0) is 13.8. The van der Waals surface area contributed by atoms with E-state index in [1.54, 1.807) is 30.3 Å². The summed E-state index contributed by atoms with van der Waals surface area (Å²) in [6.45, 7) is 0.225. The summed E-state index contributed by atoms with van der Waals surface area (Å²) >= 11 is 5.84. The molecule has 3 N–H and O–H groups in total. The summed E-state index contributed by atoms with van der Waals surface area (Å²) in [6, 6.07) is 10.9. The smallest absolute Gasteiger partial charge is 0.253 e. The molecule has 5 heteroatoms. The number of nitrogens with one attached hydrogen (secondary N) is 1. The average Bonchev–Trinajstić information content (AvgIpc) is 2.39. The number of benzene rings is 2. The quantitative estimate of drug-likeness (QED) is 0.848. The van der Waals surface area contributed by atoms with E-state index in [9.17, 15) is 9.18 Å². The fourth-order valence-electron chi connectivity index (χ4n) is 1.66. The number of hydrogen-bond donors (Lipinski definition) is 2. The van der Waals surface area contributed by atoms with Crippen molar-refractivity contribution in [2.75, 3.05) is 5.73 Å². The van der Waals surface area contributed by atoms with E-state index in [1.807, 2.05) is 0 Å². The fraction of sp³-hybridized carbons (Fsp3) is 0.0714. The van der Waals surface area contributed by atoms with Crippen molar-refractivity contribution in [1.29, 1.82) is 0 Å². The van der Waals surface area contributed by atoms with Crippen LogP contribution in [-0.4, -0.2) is 5.91 Å². The summed E-state index contributed by atoms with van der Waals surface area (Å²) in [5.41, 5.74) is 6.94. The van der Waals surface area contributed by atoms with Crippen LogP contribution >= 0.6 is 11.6 Å². The first-order valence-corrected chi connectivity index (χ1v) is 6.02. The number of halogens is 2. The van der Waals surface area contributed by atoms with Crippen molar-refractivity contribution in [3.63, 3.8) is 0 Å². The molecule has 2 aromatic rings. The van der Waals surface area contributed by atoms with Crippen molar-refractivity contribution in [3.8, 4) is 0 Å². The van der Waals surface area contributed by atoms with Gasteiger partial charge in [-0.2, -0.15) is 0 Å². The number of carbonyl (C=O) groups is 1. The van der Waals surface area contributed by atoms with E-state index in [0.717, 1.165) is 0 Å². The Morgan fingerprint density at radius 3 is 2.74 bits per heavy atom. The number of para-hydroxylation sites is 1. The average molecular weight is 279 g/mol. The second-order valence-corrected chi connectivity index (χ2v) is 4.42. The summed E-state index contributed by atoms with van der Waals surface area (Å²) in [7, 11) is 0. The number of anilines is 1. The topological polar surface area (TPSA) is 55.1 Å². The Morgan fingerprint density at radius 2 is 2.00 bits per heavy atom. The van der Waals surface area contributed by atoms with Crippen LogP contribution in [-0.2, 0) is 6.54 Å². The molecule has 0 heterocycles. The molecule has 98 valence electrons. The number of nitrogen functional groups attached to an aromatic ring is 1. The lowest BCUT2D eigenvalue weighted by molar-refractivity contribution is 0.0951. The number of carbonyl (C=O) groups excluding carboxylic acids is 1. The molecule has 19 heavy (non-hydrogen) atoms. The molecule has 2 rings (SSSR count). The first kappa shape index (κ1) is 13.4. The lowest BCUT2D eigenvalue weighted by Crippen LogP contribution is -2.23. The normalized spacial score (nSPS) is 10.2. The van der Waals surface area contributed by atoms with E-state index in [4.69, 9.17) is 17.3 Å². The van der Waals surface area contributed by atoms with E-state index >= 15 is 0 Å². The van der Waals surface area contributed by atoms with Gasteiger partial charge in [0.15, 0.2) is 0 Å². The van der Waals surface area contributed by atoms with Gasteiger partial charge >= 0.3 is 0 Å². The molecule has 0 aliphatic rings. The molecular formula is C14H12ClFN2O. The summed E-state index contributed by atoms with van der Waals surface area (Å²) in [5.74, 6) is -0.682. The molecule has 0 saturated carbocycles. The lowest BCUT2D eigenvalue weighted by atomic mass is 10.1. The molecule has 3 nitrogen and oxygen atoms in total. The maximum absolute atomic E-state index is 13.0. The molecule has 0 unspecified atom stereocenters. The van der Waals surface area contributed by atoms with Crippen LogP contribution in [0.1, 0.15) is 15.9 Å². The van der Waals surface area contributed by atoms with Crippen LogP contribution < -0.4 is 11.1 Å². The molecule has 0 radical (unpaired) electrons. The highest BCUT2D eigenvalue weighted by molar-refractivity contribution is 6.33. The van der Waals surface area contributed by atoms with Gasteiger partial charge in [-0.05, 0) is 29.8 Å². The van der Waals surface area contributed by atoms with Gasteiger partial charge in [-0.1, -0.05) is 29.8 Å². The van der Waals surface area contributed by atoms with Crippen molar-refractivity contribution < 1.29 is 9.18 Å². The third-order valence-electron chi connectivity index (χ3n) is 2.64. The van der Waals surface area contributed by atoms with Gasteiger partial charge in [-0.25, -0.2) is 4.39 Å². The maximum atomic E-state index is 13.0. The Balaban J connectivity index is 2.08. The molecule has 0 aliphatic carbocycles. The molecule has 0 aromatic heterocycles. The predicted octanol–water partition coefficient (Wildman–Crippen LogP) is 2.99. The first-order chi connectivity index (χ1) is 9.08. The van der Waals surface area contributed by atoms with Crippen LogP contribution in [0.3, 0.4) is 0 Å². The van der Waals surface area contributed by atoms with E-state index in [1.165, 1.54) is 12.1 Å². The molecule has 0 spiro atoms. The number of hydrogen-bond acceptors (Lipinski definition) is 2. The molecule has 0 bridgehead atoms. The van der Waals surface area contributed by atoms with Gasteiger partial charge < -0.3 is 11.1 Å². The van der Waals surface area contributed by atoms with Crippen LogP contribution in [0, 0.1) is 5.82 Å². The SMILES string of the molecule is Nc1c(Cl)cccc1C(=O)NCc1cccc(F)c1. The Kier molecular flexibility index (Phi) is 4.02. The minimum Gasteiger partial charge on any atom is -0.397 e. The molecule has 0 fully saturated rings. The van der Waals surface area contributed by atoms with Crippen molar-refractivity contribution in [1.82, 2.24) is 5.32 Å². The van der Waals surface area contributed by atoms with Crippen molar-refractivity contribution in [2.24, 2.45) is 0 Å². The Bertz CT molecular complexity index is 616. The van der Waals surface area contributed by atoms with Gasteiger partial charge in [0.1, 0.15) is 5.82 Å². The van der Waals surface area contributed by atoms with Gasteiger partial charge in [0.2, 0.25) is 0 Å². The summed E-state index contributed by atoms with van der Waals surface area (Å²) in [5, 5.41) is 3.00. The highest BCUT2D eigenvalue weighted by Crippen LogP contribution is 2.22. The van der Waals surface area contributed by atoms with Crippen LogP contribution in [0.4, 0.5) is 10.1 Å². The highest BCUT2D eigenvalue weighted by atomic mass is 35.5. The standard InChI is InChI=1S/C14H12ClFN2O/c15-12-6-2-5-11(13(12)17)14(19)18-8-9-3-1-4-10(16)7-9/h1-7H,8,17H2,(H,18,19). The highest BCUT2D eigenvalue weighted by Gasteiger charge is 2.11. The molecule has 0 atom stereocenters. The second-order valence-electron chi connectivity index (χ2n) is 4.01. The van der Waals surface area contributed by atoms with E-state index in [0.29, 0.717) is 16.1 Å². The fourth-order valence-corrected chi connectivity index (χ4v) is 1.83. The van der Waals surface area contributed by atoms with E-state index in [2.05, 4.69) is 5.32 Å². The summed E-state index contributed by atoms with van der Waals surface area (Å²) < 4.78 is 13.0. The zero-order valence-corrected chi connectivity index (χ0v) is 10.7. The van der Waals surface area contributed by atoms with Crippen molar-refractivity contribution in [2.45, 2.75) is 6.54 Å². The largest absolute Gasteiger partial charge is 0.397 e. The Morgan fingerprint density at radius 1 is 1.26 bits per heavy atom. The van der Waals surface area contributed by atoms with Crippen molar-refractivity contribution >= 4 is 23.2 Å². The van der Waals surface area contributed by atoms with Gasteiger partial charge in [-0.15, -0.1) is 0 Å². The van der Waals surface area contributed by atoms with Gasteiger partial charge in [-0.3, -0.25) is 4.79 Å². The van der Waals surface area contributed by atoms with Gasteiger partial charge in [0, 0.05) is 6.54 Å². The van der Waals surface area contributed by atoms with Gasteiger partial charge in [0.05, 0.1) is 16.3 Å². The van der Waals surface area contributed by atoms with Gasteiger partial charge in [0.25, 0.3) is 5.91 Å². The van der Waals surface area contributed by atoms with Crippen molar-refractivity contribution in [3.05, 3.63) is 64.4 Å². The van der Waals surface area contributed by atoms with E-state index < -0.39 is 0 Å². The van der Waals surface area contributed by atoms with Crippen LogP contribution in [0.5, 0.6) is 0 Å². The minimum absolute atomic E-state index is 0.225. The summed E-state index contributed by atoms with van der Waals surface area (Å²) in [4.78, 5) is 11.9. The second kappa shape index (κ2) is 5.71. The molecular weight excluding hydrogens is 267 g/mol. The Hall–Kier alpha value is -2.07. The van der Waals surface area contributed by atoms with E-state index in [-0.39, 0.29) is 24.0 Å². The third-order valence-corrected chi connectivity index (χ3v) is 2.97. The first-order valence-electron chi connectivity index (χ1n) is 5.64. The molecule has 2 aromatic carbocycles.